The van der Waals surface area contributed by atoms with Crippen molar-refractivity contribution in [1.82, 2.24) is 19.9 Å². The maximum absolute atomic E-state index is 13.2. The molecule has 7 nitrogen and oxygen atoms in total. The summed E-state index contributed by atoms with van der Waals surface area (Å²) in [6.07, 6.45) is 3.46. The molecule has 0 bridgehead atoms. The van der Waals surface area contributed by atoms with Crippen molar-refractivity contribution in [3.63, 3.8) is 0 Å². The largest absolute Gasteiger partial charge is 0.480 e. The molecule has 1 N–H and O–H groups in total. The van der Waals surface area contributed by atoms with Gasteiger partial charge in [0.2, 0.25) is 0 Å². The molecule has 24 heavy (non-hydrogen) atoms. The van der Waals surface area contributed by atoms with E-state index in [2.05, 4.69) is 10.3 Å². The van der Waals surface area contributed by atoms with E-state index in [9.17, 15) is 19.1 Å². The summed E-state index contributed by atoms with van der Waals surface area (Å²) in [6.45, 7) is 0.674. The average Bonchev–Trinajstić information content (AvgIpc) is 3.02. The molecule has 1 aliphatic heterocycles. The fourth-order valence-corrected chi connectivity index (χ4v) is 2.87. The van der Waals surface area contributed by atoms with Gasteiger partial charge in [-0.05, 0) is 37.0 Å². The van der Waals surface area contributed by atoms with Gasteiger partial charge in [-0.1, -0.05) is 17.3 Å². The summed E-state index contributed by atoms with van der Waals surface area (Å²) in [4.78, 5) is 25.2. The van der Waals surface area contributed by atoms with Crippen LogP contribution in [0, 0.1) is 5.82 Å². The van der Waals surface area contributed by atoms with Gasteiger partial charge in [-0.3, -0.25) is 4.79 Å². The van der Waals surface area contributed by atoms with Crippen molar-refractivity contribution in [2.45, 2.75) is 31.8 Å². The zero-order chi connectivity index (χ0) is 17.1. The minimum atomic E-state index is -1.00. The van der Waals surface area contributed by atoms with Crippen molar-refractivity contribution in [2.75, 3.05) is 6.54 Å². The van der Waals surface area contributed by atoms with Crippen LogP contribution < -0.4 is 0 Å². The quantitative estimate of drug-likeness (QED) is 0.917. The van der Waals surface area contributed by atoms with Crippen LogP contribution in [0.4, 0.5) is 4.39 Å². The maximum Gasteiger partial charge on any atom is 0.326 e. The molecule has 8 heteroatoms. The summed E-state index contributed by atoms with van der Waals surface area (Å²) in [6, 6.07) is 5.26. The number of likely N-dealkylation sites (tertiary alicyclic amines) is 1. The molecule has 0 spiro atoms. The molecule has 3 rings (SSSR count). The molecular formula is C16H17FN4O3. The Bertz CT molecular complexity index is 761. The van der Waals surface area contributed by atoms with E-state index in [0.717, 1.165) is 12.8 Å². The average molecular weight is 332 g/mol. The molecule has 1 fully saturated rings. The van der Waals surface area contributed by atoms with Gasteiger partial charge >= 0.3 is 5.97 Å². The number of nitrogens with zero attached hydrogens (tertiary/aromatic N) is 4. The number of hydrogen-bond acceptors (Lipinski definition) is 4. The predicted octanol–water partition coefficient (Wildman–Crippen LogP) is 1.54. The first kappa shape index (κ1) is 16.1. The first-order valence-electron chi connectivity index (χ1n) is 7.73. The van der Waals surface area contributed by atoms with Crippen molar-refractivity contribution in [3.05, 3.63) is 47.5 Å². The van der Waals surface area contributed by atoms with Crippen molar-refractivity contribution < 1.29 is 19.1 Å². The number of halogens is 1. The first-order valence-corrected chi connectivity index (χ1v) is 7.73. The number of benzene rings is 1. The highest BCUT2D eigenvalue weighted by Gasteiger charge is 2.33. The van der Waals surface area contributed by atoms with Gasteiger partial charge in [0.1, 0.15) is 11.9 Å². The fourth-order valence-electron chi connectivity index (χ4n) is 2.87. The summed E-state index contributed by atoms with van der Waals surface area (Å²) in [5.74, 6) is -1.79. The van der Waals surface area contributed by atoms with Crippen LogP contribution in [0.5, 0.6) is 0 Å². The Morgan fingerprint density at radius 1 is 1.33 bits per heavy atom. The monoisotopic (exact) mass is 332 g/mol. The van der Waals surface area contributed by atoms with E-state index in [4.69, 9.17) is 0 Å². The second-order valence-electron chi connectivity index (χ2n) is 5.78. The number of rotatable bonds is 4. The Labute approximate surface area is 137 Å². The third-order valence-corrected chi connectivity index (χ3v) is 4.04. The molecule has 1 amide bonds. The number of piperidine rings is 1. The van der Waals surface area contributed by atoms with Crippen LogP contribution in [0.3, 0.4) is 0 Å². The van der Waals surface area contributed by atoms with Crippen LogP contribution in [-0.2, 0) is 11.3 Å². The molecule has 1 aromatic heterocycles. The Morgan fingerprint density at radius 3 is 2.92 bits per heavy atom. The number of carbonyl (C=O) groups is 2. The lowest BCUT2D eigenvalue weighted by molar-refractivity contribution is -0.143. The van der Waals surface area contributed by atoms with Crippen molar-refractivity contribution in [3.8, 4) is 0 Å². The van der Waals surface area contributed by atoms with E-state index in [0.29, 0.717) is 18.5 Å². The smallest absolute Gasteiger partial charge is 0.326 e. The van der Waals surface area contributed by atoms with E-state index in [1.165, 1.54) is 27.9 Å². The summed E-state index contributed by atoms with van der Waals surface area (Å²) >= 11 is 0. The van der Waals surface area contributed by atoms with Crippen molar-refractivity contribution in [1.29, 1.82) is 0 Å². The van der Waals surface area contributed by atoms with Gasteiger partial charge in [0.15, 0.2) is 5.69 Å². The summed E-state index contributed by atoms with van der Waals surface area (Å²) < 4.78 is 14.6. The van der Waals surface area contributed by atoms with Crippen LogP contribution in [0.15, 0.2) is 30.5 Å². The van der Waals surface area contributed by atoms with Gasteiger partial charge in [-0.25, -0.2) is 13.9 Å². The number of carboxylic acids is 1. The molecule has 1 atom stereocenters. The molecule has 1 unspecified atom stereocenters. The number of amides is 1. The van der Waals surface area contributed by atoms with E-state index < -0.39 is 17.9 Å². The fraction of sp³-hybridized carbons (Fsp3) is 0.375. The van der Waals surface area contributed by atoms with Crippen LogP contribution in [-0.4, -0.2) is 49.5 Å². The second-order valence-corrected chi connectivity index (χ2v) is 5.78. The molecule has 0 radical (unpaired) electrons. The summed E-state index contributed by atoms with van der Waals surface area (Å²) in [7, 11) is 0. The number of carboxylic acid groups (broad SMARTS) is 1. The Kier molecular flexibility index (Phi) is 4.54. The van der Waals surface area contributed by atoms with Gasteiger partial charge in [-0.15, -0.1) is 5.10 Å². The van der Waals surface area contributed by atoms with E-state index in [-0.39, 0.29) is 18.1 Å². The molecule has 2 heterocycles. The molecule has 2 aromatic rings. The lowest BCUT2D eigenvalue weighted by atomic mass is 10.0. The standard InChI is InChI=1S/C16H17FN4O3/c17-12-5-3-4-11(8-12)9-20-10-13(18-19-20)15(22)21-7-2-1-6-14(21)16(23)24/h3-5,8,10,14H,1-2,6-7,9H2,(H,23,24). The second kappa shape index (κ2) is 6.77. The minimum absolute atomic E-state index is 0.0968. The molecule has 0 saturated carbocycles. The number of hydrogen-bond donors (Lipinski definition) is 1. The van der Waals surface area contributed by atoms with Gasteiger partial charge in [0.25, 0.3) is 5.91 Å². The van der Waals surface area contributed by atoms with Gasteiger partial charge < -0.3 is 10.0 Å². The van der Waals surface area contributed by atoms with Crippen LogP contribution in [0.2, 0.25) is 0 Å². The van der Waals surface area contributed by atoms with Gasteiger partial charge in [0.05, 0.1) is 12.7 Å². The lowest BCUT2D eigenvalue weighted by Gasteiger charge is -2.32. The zero-order valence-corrected chi connectivity index (χ0v) is 12.9. The molecule has 126 valence electrons. The number of carbonyl (C=O) groups excluding carboxylic acids is 1. The summed E-state index contributed by atoms with van der Waals surface area (Å²) in [5, 5.41) is 17.0. The summed E-state index contributed by atoms with van der Waals surface area (Å²) in [5.41, 5.74) is 0.792. The van der Waals surface area contributed by atoms with Crippen molar-refractivity contribution in [2.24, 2.45) is 0 Å². The normalized spacial score (nSPS) is 17.7. The van der Waals surface area contributed by atoms with Crippen LogP contribution >= 0.6 is 0 Å². The van der Waals surface area contributed by atoms with E-state index >= 15 is 0 Å². The highest BCUT2D eigenvalue weighted by atomic mass is 19.1. The highest BCUT2D eigenvalue weighted by molar-refractivity contribution is 5.94. The van der Waals surface area contributed by atoms with E-state index in [1.54, 1.807) is 12.1 Å². The first-order chi connectivity index (χ1) is 11.5. The SMILES string of the molecule is O=C(O)C1CCCCN1C(=O)c1cn(Cc2cccc(F)c2)nn1. The number of aromatic nitrogens is 3. The predicted molar refractivity (Wildman–Crippen MR) is 81.8 cm³/mol. The molecule has 1 aliphatic rings. The van der Waals surface area contributed by atoms with Crippen LogP contribution in [0.1, 0.15) is 35.3 Å². The Balaban J connectivity index is 1.74. The third kappa shape index (κ3) is 3.42. The minimum Gasteiger partial charge on any atom is -0.480 e. The molecule has 0 aliphatic carbocycles. The van der Waals surface area contributed by atoms with Crippen LogP contribution in [0.25, 0.3) is 0 Å². The maximum atomic E-state index is 13.2. The molecule has 1 aromatic carbocycles. The highest BCUT2D eigenvalue weighted by Crippen LogP contribution is 2.19. The van der Waals surface area contributed by atoms with Crippen molar-refractivity contribution >= 4 is 11.9 Å². The topological polar surface area (TPSA) is 88.3 Å². The Morgan fingerprint density at radius 2 is 2.17 bits per heavy atom. The molecule has 1 saturated heterocycles. The van der Waals surface area contributed by atoms with E-state index in [1.807, 2.05) is 0 Å². The number of aliphatic carboxylic acids is 1. The Hall–Kier alpha value is -2.77. The molecular weight excluding hydrogens is 315 g/mol. The van der Waals surface area contributed by atoms with Gasteiger partial charge in [-0.2, -0.15) is 0 Å². The zero-order valence-electron chi connectivity index (χ0n) is 12.9. The van der Waals surface area contributed by atoms with Gasteiger partial charge in [0, 0.05) is 6.54 Å². The third-order valence-electron chi connectivity index (χ3n) is 4.04. The lowest BCUT2D eigenvalue weighted by Crippen LogP contribution is -2.48.